The molecule has 144 valence electrons. The Labute approximate surface area is 166 Å². The van der Waals surface area contributed by atoms with Gasteiger partial charge in [-0.25, -0.2) is 4.98 Å². The molecule has 7 nitrogen and oxygen atoms in total. The minimum atomic E-state index is -0.464. The molecule has 2 aromatic carbocycles. The average molecular weight is 396 g/mol. The number of fused-ring (bicyclic) bond motifs is 1. The number of carbonyl (C=O) groups excluding carboxylic acids is 2. The largest absolute Gasteiger partial charge is 0.326 e. The van der Waals surface area contributed by atoms with Crippen molar-refractivity contribution >= 4 is 45.9 Å². The molecule has 0 saturated heterocycles. The summed E-state index contributed by atoms with van der Waals surface area (Å²) >= 11 is 1.22. The summed E-state index contributed by atoms with van der Waals surface area (Å²) in [4.78, 5) is 40.6. The number of nitrogens with zero attached hydrogens (tertiary/aromatic N) is 2. The number of nitrogens with one attached hydrogen (secondary N) is 2. The molecule has 2 amide bonds. The molecule has 1 atom stereocenters. The summed E-state index contributed by atoms with van der Waals surface area (Å²) in [6.07, 6.45) is 0. The number of rotatable bonds is 5. The fourth-order valence-electron chi connectivity index (χ4n) is 2.60. The molecular weight excluding hydrogens is 376 g/mol. The van der Waals surface area contributed by atoms with Gasteiger partial charge in [0.2, 0.25) is 11.8 Å². The van der Waals surface area contributed by atoms with E-state index in [2.05, 4.69) is 15.6 Å². The second-order valence-corrected chi connectivity index (χ2v) is 7.59. The Kier molecular flexibility index (Phi) is 5.79. The second-order valence-electron chi connectivity index (χ2n) is 6.28. The minimum Gasteiger partial charge on any atom is -0.326 e. The van der Waals surface area contributed by atoms with Crippen LogP contribution in [0.2, 0.25) is 0 Å². The van der Waals surface area contributed by atoms with E-state index in [1.807, 2.05) is 6.07 Å². The first-order valence-corrected chi connectivity index (χ1v) is 9.54. The van der Waals surface area contributed by atoms with Gasteiger partial charge in [-0.2, -0.15) is 0 Å². The molecule has 1 aromatic heterocycles. The number of hydrogen-bond acceptors (Lipinski definition) is 5. The maximum Gasteiger partial charge on any atom is 0.261 e. The smallest absolute Gasteiger partial charge is 0.261 e. The van der Waals surface area contributed by atoms with Crippen LogP contribution >= 0.6 is 11.8 Å². The Morgan fingerprint density at radius 2 is 1.64 bits per heavy atom. The molecule has 0 aliphatic rings. The van der Waals surface area contributed by atoms with E-state index in [1.54, 1.807) is 56.4 Å². The van der Waals surface area contributed by atoms with Crippen molar-refractivity contribution in [3.8, 4) is 0 Å². The van der Waals surface area contributed by atoms with Gasteiger partial charge in [0.15, 0.2) is 5.16 Å². The molecule has 8 heteroatoms. The molecule has 2 N–H and O–H groups in total. The van der Waals surface area contributed by atoms with Crippen molar-refractivity contribution in [1.82, 2.24) is 9.55 Å². The van der Waals surface area contributed by atoms with Gasteiger partial charge in [0, 0.05) is 25.3 Å². The van der Waals surface area contributed by atoms with E-state index < -0.39 is 5.25 Å². The van der Waals surface area contributed by atoms with Gasteiger partial charge in [-0.15, -0.1) is 0 Å². The normalized spacial score (nSPS) is 11.8. The van der Waals surface area contributed by atoms with Crippen LogP contribution in [0.25, 0.3) is 10.9 Å². The lowest BCUT2D eigenvalue weighted by Gasteiger charge is -2.14. The number of benzene rings is 2. The highest BCUT2D eigenvalue weighted by Gasteiger charge is 2.18. The van der Waals surface area contributed by atoms with Crippen LogP contribution in [0, 0.1) is 0 Å². The summed E-state index contributed by atoms with van der Waals surface area (Å²) in [5.74, 6) is -0.366. The molecule has 0 saturated carbocycles. The fraction of sp³-hybridized carbons (Fsp3) is 0.200. The number of anilines is 2. The van der Waals surface area contributed by atoms with Crippen LogP contribution < -0.4 is 16.2 Å². The summed E-state index contributed by atoms with van der Waals surface area (Å²) in [5, 5.41) is 6.06. The van der Waals surface area contributed by atoms with Crippen LogP contribution in [-0.2, 0) is 16.6 Å². The predicted molar refractivity (Wildman–Crippen MR) is 112 cm³/mol. The SMILES string of the molecule is CC(=O)Nc1ccc(NC(=O)[C@@H](C)Sc2nc3ccccc3c(=O)n2C)cc1. The van der Waals surface area contributed by atoms with Gasteiger partial charge in [-0.1, -0.05) is 23.9 Å². The molecule has 28 heavy (non-hydrogen) atoms. The zero-order chi connectivity index (χ0) is 20.3. The molecule has 0 bridgehead atoms. The van der Waals surface area contributed by atoms with Crippen LogP contribution in [0.1, 0.15) is 13.8 Å². The first-order valence-electron chi connectivity index (χ1n) is 8.66. The van der Waals surface area contributed by atoms with Crippen molar-refractivity contribution in [2.24, 2.45) is 7.05 Å². The third kappa shape index (κ3) is 4.40. The standard InChI is InChI=1S/C20H20N4O3S/c1-12(18(26)22-15-10-8-14(9-11-15)21-13(2)25)28-20-23-17-7-5-4-6-16(17)19(27)24(20)3/h4-12H,1-3H3,(H,21,25)(H,22,26)/t12-/m1/s1. The molecule has 1 heterocycles. The number of carbonyl (C=O) groups is 2. The average Bonchev–Trinajstić information content (AvgIpc) is 2.67. The van der Waals surface area contributed by atoms with E-state index in [-0.39, 0.29) is 17.4 Å². The minimum absolute atomic E-state index is 0.144. The van der Waals surface area contributed by atoms with Crippen LogP contribution in [0.3, 0.4) is 0 Å². The van der Waals surface area contributed by atoms with Crippen molar-refractivity contribution in [1.29, 1.82) is 0 Å². The van der Waals surface area contributed by atoms with E-state index in [0.29, 0.717) is 27.4 Å². The Hall–Kier alpha value is -3.13. The third-order valence-electron chi connectivity index (χ3n) is 4.07. The quantitative estimate of drug-likeness (QED) is 0.511. The second kappa shape index (κ2) is 8.26. The summed E-state index contributed by atoms with van der Waals surface area (Å²) in [6.45, 7) is 3.19. The molecule has 3 aromatic rings. The molecule has 0 radical (unpaired) electrons. The number of aromatic nitrogens is 2. The zero-order valence-corrected chi connectivity index (χ0v) is 16.5. The highest BCUT2D eigenvalue weighted by Crippen LogP contribution is 2.23. The van der Waals surface area contributed by atoms with Crippen molar-refractivity contribution in [2.45, 2.75) is 24.3 Å². The maximum absolute atomic E-state index is 12.5. The Morgan fingerprint density at radius 3 is 2.29 bits per heavy atom. The summed E-state index contributed by atoms with van der Waals surface area (Å²) < 4.78 is 1.46. The lowest BCUT2D eigenvalue weighted by molar-refractivity contribution is -0.115. The van der Waals surface area contributed by atoms with Gasteiger partial charge >= 0.3 is 0 Å². The summed E-state index contributed by atoms with van der Waals surface area (Å²) in [7, 11) is 1.65. The van der Waals surface area contributed by atoms with Gasteiger partial charge in [-0.3, -0.25) is 19.0 Å². The monoisotopic (exact) mass is 396 g/mol. The van der Waals surface area contributed by atoms with Gasteiger partial charge < -0.3 is 10.6 Å². The topological polar surface area (TPSA) is 93.1 Å². The predicted octanol–water partition coefficient (Wildman–Crippen LogP) is 3.01. The highest BCUT2D eigenvalue weighted by atomic mass is 32.2. The number of hydrogen-bond donors (Lipinski definition) is 2. The maximum atomic E-state index is 12.5. The van der Waals surface area contributed by atoms with Crippen molar-refractivity contribution < 1.29 is 9.59 Å². The van der Waals surface area contributed by atoms with E-state index in [9.17, 15) is 14.4 Å². The summed E-state index contributed by atoms with van der Waals surface area (Å²) in [5.41, 5.74) is 1.73. The molecule has 3 rings (SSSR count). The lowest BCUT2D eigenvalue weighted by atomic mass is 10.2. The van der Waals surface area contributed by atoms with E-state index in [1.165, 1.54) is 23.3 Å². The Bertz CT molecular complexity index is 1090. The van der Waals surface area contributed by atoms with Crippen LogP contribution in [0.4, 0.5) is 11.4 Å². The van der Waals surface area contributed by atoms with Crippen molar-refractivity contribution in [2.75, 3.05) is 10.6 Å². The summed E-state index contributed by atoms with van der Waals surface area (Å²) in [6, 6.07) is 14.0. The highest BCUT2D eigenvalue weighted by molar-refractivity contribution is 8.00. The molecule has 0 unspecified atom stereocenters. The van der Waals surface area contributed by atoms with E-state index in [4.69, 9.17) is 0 Å². The number of amides is 2. The zero-order valence-electron chi connectivity index (χ0n) is 15.7. The number of para-hydroxylation sites is 1. The first-order chi connectivity index (χ1) is 13.3. The molecular formula is C20H20N4O3S. The van der Waals surface area contributed by atoms with Gasteiger partial charge in [0.1, 0.15) is 0 Å². The van der Waals surface area contributed by atoms with E-state index >= 15 is 0 Å². The Balaban J connectivity index is 1.72. The van der Waals surface area contributed by atoms with Crippen molar-refractivity contribution in [3.05, 3.63) is 58.9 Å². The third-order valence-corrected chi connectivity index (χ3v) is 5.21. The van der Waals surface area contributed by atoms with Crippen LogP contribution in [0.15, 0.2) is 58.5 Å². The molecule has 0 aliphatic heterocycles. The van der Waals surface area contributed by atoms with Crippen LogP contribution in [0.5, 0.6) is 0 Å². The number of thioether (sulfide) groups is 1. The first kappa shape index (κ1) is 19.6. The molecule has 0 spiro atoms. The van der Waals surface area contributed by atoms with Crippen LogP contribution in [-0.4, -0.2) is 26.6 Å². The van der Waals surface area contributed by atoms with Gasteiger partial charge in [0.05, 0.1) is 16.2 Å². The van der Waals surface area contributed by atoms with Gasteiger partial charge in [0.25, 0.3) is 5.56 Å². The lowest BCUT2D eigenvalue weighted by Crippen LogP contribution is -2.25. The van der Waals surface area contributed by atoms with Gasteiger partial charge in [-0.05, 0) is 43.3 Å². The Morgan fingerprint density at radius 1 is 1.04 bits per heavy atom. The van der Waals surface area contributed by atoms with Crippen molar-refractivity contribution in [3.63, 3.8) is 0 Å². The molecule has 0 fully saturated rings. The van der Waals surface area contributed by atoms with E-state index in [0.717, 1.165) is 0 Å². The molecule has 0 aliphatic carbocycles. The fourth-order valence-corrected chi connectivity index (χ4v) is 3.47.